The van der Waals surface area contributed by atoms with Crippen LogP contribution >= 0.6 is 23.1 Å². The standard InChI is InChI=1S/C10H8N4OS2/c11-14-13-7(5-15)6-16-10-12-8-3-1-2-4-9(8)17-10/h1-5,7H,6H2. The van der Waals surface area contributed by atoms with Crippen molar-refractivity contribution in [2.75, 3.05) is 5.75 Å². The van der Waals surface area contributed by atoms with E-state index in [-0.39, 0.29) is 0 Å². The van der Waals surface area contributed by atoms with Crippen molar-refractivity contribution in [3.8, 4) is 0 Å². The van der Waals surface area contributed by atoms with Crippen molar-refractivity contribution in [2.24, 2.45) is 5.11 Å². The Kier molecular flexibility index (Phi) is 3.98. The summed E-state index contributed by atoms with van der Waals surface area (Å²) in [5, 5.41) is 3.38. The number of benzene rings is 1. The largest absolute Gasteiger partial charge is 0.303 e. The van der Waals surface area contributed by atoms with Gasteiger partial charge in [-0.05, 0) is 17.7 Å². The van der Waals surface area contributed by atoms with Gasteiger partial charge in [-0.15, -0.1) is 11.3 Å². The Hall–Kier alpha value is -1.56. The van der Waals surface area contributed by atoms with Gasteiger partial charge in [-0.2, -0.15) is 0 Å². The topological polar surface area (TPSA) is 78.7 Å². The van der Waals surface area contributed by atoms with E-state index in [1.807, 2.05) is 24.3 Å². The van der Waals surface area contributed by atoms with E-state index >= 15 is 0 Å². The predicted molar refractivity (Wildman–Crippen MR) is 69.3 cm³/mol. The highest BCUT2D eigenvalue weighted by Crippen LogP contribution is 2.29. The van der Waals surface area contributed by atoms with Crippen LogP contribution in [0.15, 0.2) is 33.7 Å². The number of thiazole rings is 1. The lowest BCUT2D eigenvalue weighted by atomic mass is 10.3. The molecule has 0 aliphatic rings. The SMILES string of the molecule is [N-]=[N+]=NC(C=O)CSc1nc2ccccc2s1. The number of para-hydroxylation sites is 1. The molecule has 0 N–H and O–H groups in total. The lowest BCUT2D eigenvalue weighted by molar-refractivity contribution is -0.108. The first kappa shape index (κ1) is 11.9. The molecule has 1 aromatic carbocycles. The zero-order valence-corrected chi connectivity index (χ0v) is 10.3. The van der Waals surface area contributed by atoms with Gasteiger partial charge in [-0.1, -0.05) is 29.0 Å². The number of fused-ring (bicyclic) bond motifs is 1. The van der Waals surface area contributed by atoms with Crippen molar-refractivity contribution in [2.45, 2.75) is 10.4 Å². The summed E-state index contributed by atoms with van der Waals surface area (Å²) in [7, 11) is 0. The summed E-state index contributed by atoms with van der Waals surface area (Å²) in [5.74, 6) is 0.424. The summed E-state index contributed by atoms with van der Waals surface area (Å²) in [6, 6.07) is 7.22. The van der Waals surface area contributed by atoms with Gasteiger partial charge in [0.05, 0.1) is 10.2 Å². The average Bonchev–Trinajstić information content (AvgIpc) is 2.77. The van der Waals surface area contributed by atoms with Crippen LogP contribution in [0.2, 0.25) is 0 Å². The summed E-state index contributed by atoms with van der Waals surface area (Å²) in [6.07, 6.45) is 0.653. The smallest absolute Gasteiger partial charge is 0.151 e. The molecule has 0 amide bonds. The second-order valence-electron chi connectivity index (χ2n) is 3.17. The van der Waals surface area contributed by atoms with Crippen molar-refractivity contribution in [3.63, 3.8) is 0 Å². The van der Waals surface area contributed by atoms with E-state index in [1.54, 1.807) is 11.3 Å². The van der Waals surface area contributed by atoms with Gasteiger partial charge in [0.15, 0.2) is 4.34 Å². The lowest BCUT2D eigenvalue weighted by Crippen LogP contribution is -2.07. The summed E-state index contributed by atoms with van der Waals surface area (Å²) in [4.78, 5) is 17.6. The maximum Gasteiger partial charge on any atom is 0.151 e. The number of hydrogen-bond acceptors (Lipinski definition) is 5. The molecule has 0 saturated heterocycles. The third-order valence-corrected chi connectivity index (χ3v) is 4.29. The molecule has 5 nitrogen and oxygen atoms in total. The fourth-order valence-corrected chi connectivity index (χ4v) is 3.26. The van der Waals surface area contributed by atoms with Crippen LogP contribution in [-0.2, 0) is 4.79 Å². The molecule has 0 saturated carbocycles. The molecule has 7 heteroatoms. The Morgan fingerprint density at radius 2 is 2.41 bits per heavy atom. The Morgan fingerprint density at radius 1 is 1.59 bits per heavy atom. The molecule has 1 atom stereocenters. The number of thioether (sulfide) groups is 1. The number of nitrogens with zero attached hydrogens (tertiary/aromatic N) is 4. The first-order valence-electron chi connectivity index (χ1n) is 4.81. The van der Waals surface area contributed by atoms with Crippen LogP contribution in [0.3, 0.4) is 0 Å². The average molecular weight is 264 g/mol. The summed E-state index contributed by atoms with van der Waals surface area (Å²) in [6.45, 7) is 0. The van der Waals surface area contributed by atoms with Crippen molar-refractivity contribution in [3.05, 3.63) is 34.7 Å². The van der Waals surface area contributed by atoms with Gasteiger partial charge in [0.2, 0.25) is 0 Å². The van der Waals surface area contributed by atoms with E-state index in [1.165, 1.54) is 11.8 Å². The number of hydrogen-bond donors (Lipinski definition) is 0. The van der Waals surface area contributed by atoms with Crippen molar-refractivity contribution >= 4 is 39.6 Å². The molecule has 86 valence electrons. The minimum Gasteiger partial charge on any atom is -0.303 e. The second-order valence-corrected chi connectivity index (χ2v) is 5.46. The van der Waals surface area contributed by atoms with Gasteiger partial charge in [-0.25, -0.2) is 4.98 Å². The third kappa shape index (κ3) is 2.97. The van der Waals surface area contributed by atoms with E-state index in [0.717, 1.165) is 14.6 Å². The molecule has 0 aliphatic heterocycles. The predicted octanol–water partition coefficient (Wildman–Crippen LogP) is 3.27. The van der Waals surface area contributed by atoms with Gasteiger partial charge in [0.25, 0.3) is 0 Å². The van der Waals surface area contributed by atoms with Crippen molar-refractivity contribution in [1.82, 2.24) is 4.98 Å². The fraction of sp³-hybridized carbons (Fsp3) is 0.200. The van der Waals surface area contributed by atoms with Gasteiger partial charge < -0.3 is 4.79 Å². The van der Waals surface area contributed by atoms with E-state index in [2.05, 4.69) is 15.0 Å². The van der Waals surface area contributed by atoms with Gasteiger partial charge >= 0.3 is 0 Å². The third-order valence-electron chi connectivity index (χ3n) is 2.01. The number of rotatable bonds is 5. The molecule has 2 rings (SSSR count). The van der Waals surface area contributed by atoms with Crippen LogP contribution in [-0.4, -0.2) is 23.1 Å². The first-order valence-corrected chi connectivity index (χ1v) is 6.61. The highest BCUT2D eigenvalue weighted by atomic mass is 32.2. The summed E-state index contributed by atoms with van der Waals surface area (Å²) in [5.41, 5.74) is 9.21. The van der Waals surface area contributed by atoms with Crippen LogP contribution in [0, 0.1) is 0 Å². The van der Waals surface area contributed by atoms with Crippen LogP contribution in [0.1, 0.15) is 0 Å². The summed E-state index contributed by atoms with van der Waals surface area (Å²) >= 11 is 3.00. The minimum absolute atomic E-state index is 0.424. The molecule has 17 heavy (non-hydrogen) atoms. The highest BCUT2D eigenvalue weighted by Gasteiger charge is 2.08. The molecule has 1 heterocycles. The van der Waals surface area contributed by atoms with Gasteiger partial charge in [-0.3, -0.25) is 0 Å². The van der Waals surface area contributed by atoms with Crippen molar-refractivity contribution < 1.29 is 4.79 Å². The number of azide groups is 1. The molecule has 1 aromatic heterocycles. The molecule has 0 fully saturated rings. The number of carbonyl (C=O) groups is 1. The van der Waals surface area contributed by atoms with E-state index in [9.17, 15) is 4.79 Å². The second kappa shape index (κ2) is 5.67. The molecule has 0 bridgehead atoms. The number of carbonyl (C=O) groups excluding carboxylic acids is 1. The van der Waals surface area contributed by atoms with Crippen LogP contribution in [0.4, 0.5) is 0 Å². The first-order chi connectivity index (χ1) is 8.33. The van der Waals surface area contributed by atoms with Crippen molar-refractivity contribution in [1.29, 1.82) is 0 Å². The van der Waals surface area contributed by atoms with E-state index in [0.29, 0.717) is 12.0 Å². The molecule has 0 aliphatic carbocycles. The van der Waals surface area contributed by atoms with Crippen LogP contribution < -0.4 is 0 Å². The van der Waals surface area contributed by atoms with Gasteiger partial charge in [0.1, 0.15) is 12.3 Å². The molecular formula is C10H8N4OS2. The zero-order valence-electron chi connectivity index (χ0n) is 8.68. The lowest BCUT2D eigenvalue weighted by Gasteiger charge is -1.98. The Bertz CT molecular complexity index is 543. The molecule has 0 spiro atoms. The number of aromatic nitrogens is 1. The molecule has 0 radical (unpaired) electrons. The Balaban J connectivity index is 2.08. The monoisotopic (exact) mass is 264 g/mol. The fourth-order valence-electron chi connectivity index (χ4n) is 1.24. The molecule has 1 unspecified atom stereocenters. The van der Waals surface area contributed by atoms with Crippen LogP contribution in [0.25, 0.3) is 20.7 Å². The maximum absolute atomic E-state index is 10.6. The minimum atomic E-state index is -0.628. The number of aldehydes is 1. The molecule has 2 aromatic rings. The quantitative estimate of drug-likeness (QED) is 0.273. The highest BCUT2D eigenvalue weighted by molar-refractivity contribution is 8.01. The normalized spacial score (nSPS) is 12.0. The van der Waals surface area contributed by atoms with Crippen LogP contribution in [0.5, 0.6) is 0 Å². The summed E-state index contributed by atoms with van der Waals surface area (Å²) < 4.78 is 1.99. The Morgan fingerprint density at radius 3 is 3.12 bits per heavy atom. The Labute approximate surface area is 105 Å². The zero-order chi connectivity index (χ0) is 12.1. The van der Waals surface area contributed by atoms with E-state index < -0.39 is 6.04 Å². The van der Waals surface area contributed by atoms with E-state index in [4.69, 9.17) is 5.53 Å². The van der Waals surface area contributed by atoms with Gasteiger partial charge in [0, 0.05) is 10.7 Å². The maximum atomic E-state index is 10.6. The molecular weight excluding hydrogens is 256 g/mol.